The van der Waals surface area contributed by atoms with E-state index in [9.17, 15) is 9.90 Å². The van der Waals surface area contributed by atoms with Crippen molar-refractivity contribution in [2.24, 2.45) is 5.41 Å². The van der Waals surface area contributed by atoms with Crippen molar-refractivity contribution in [1.29, 1.82) is 0 Å². The molecule has 1 N–H and O–H groups in total. The lowest BCUT2D eigenvalue weighted by Crippen LogP contribution is -2.38. The Kier molecular flexibility index (Phi) is 5.44. The van der Waals surface area contributed by atoms with Gasteiger partial charge in [-0.1, -0.05) is 33.6 Å². The van der Waals surface area contributed by atoms with Crippen LogP contribution in [0.1, 0.15) is 59.3 Å². The van der Waals surface area contributed by atoms with Gasteiger partial charge in [0.25, 0.3) is 0 Å². The molecule has 1 aliphatic rings. The first-order chi connectivity index (χ1) is 8.09. The molecule has 0 spiro atoms. The molecule has 1 fully saturated rings. The van der Waals surface area contributed by atoms with Crippen molar-refractivity contribution in [2.45, 2.75) is 65.3 Å². The summed E-state index contributed by atoms with van der Waals surface area (Å²) in [5.74, 6) is -0.603. The van der Waals surface area contributed by atoms with E-state index < -0.39 is 11.4 Å². The van der Waals surface area contributed by atoms with Gasteiger partial charge in [0, 0.05) is 12.6 Å². The first-order valence-corrected chi connectivity index (χ1v) is 7.07. The number of likely N-dealkylation sites (tertiary alicyclic amines) is 1. The fourth-order valence-electron chi connectivity index (χ4n) is 3.01. The molecule has 1 heterocycles. The number of rotatable bonds is 7. The second-order valence-corrected chi connectivity index (χ2v) is 5.39. The lowest BCUT2D eigenvalue weighted by atomic mass is 9.84. The van der Waals surface area contributed by atoms with E-state index in [1.54, 1.807) is 0 Å². The van der Waals surface area contributed by atoms with Gasteiger partial charge >= 0.3 is 5.97 Å². The number of carbonyl (C=O) groups is 1. The highest BCUT2D eigenvalue weighted by molar-refractivity contribution is 5.75. The van der Waals surface area contributed by atoms with E-state index >= 15 is 0 Å². The predicted octanol–water partition coefficient (Wildman–Crippen LogP) is 3.14. The zero-order chi connectivity index (χ0) is 12.9. The molecule has 0 radical (unpaired) electrons. The van der Waals surface area contributed by atoms with E-state index in [1.165, 1.54) is 25.7 Å². The maximum Gasteiger partial charge on any atom is 0.310 e. The van der Waals surface area contributed by atoms with Crippen LogP contribution in [0.5, 0.6) is 0 Å². The molecule has 0 aromatic heterocycles. The van der Waals surface area contributed by atoms with Crippen molar-refractivity contribution >= 4 is 5.97 Å². The quantitative estimate of drug-likeness (QED) is 0.744. The Morgan fingerprint density at radius 2 is 1.88 bits per heavy atom. The minimum Gasteiger partial charge on any atom is -0.481 e. The number of hydrogen-bond donors (Lipinski definition) is 1. The minimum atomic E-state index is -0.603. The standard InChI is InChI=1S/C14H27NO2/c1-4-7-12(8-5-2)15-10-9-14(6-3,11-15)13(16)17/h12H,4-11H2,1-3H3,(H,16,17). The second-order valence-electron chi connectivity index (χ2n) is 5.39. The molecule has 0 bridgehead atoms. The number of aliphatic carboxylic acids is 1. The molecular formula is C14H27NO2. The van der Waals surface area contributed by atoms with Gasteiger partial charge in [0.05, 0.1) is 5.41 Å². The van der Waals surface area contributed by atoms with Crippen molar-refractivity contribution in [3.63, 3.8) is 0 Å². The molecule has 100 valence electrons. The fourth-order valence-corrected chi connectivity index (χ4v) is 3.01. The Labute approximate surface area is 105 Å². The van der Waals surface area contributed by atoms with E-state index in [-0.39, 0.29) is 0 Å². The summed E-state index contributed by atoms with van der Waals surface area (Å²) in [5.41, 5.74) is -0.472. The highest BCUT2D eigenvalue weighted by Crippen LogP contribution is 2.36. The van der Waals surface area contributed by atoms with Crippen molar-refractivity contribution in [3.05, 3.63) is 0 Å². The highest BCUT2D eigenvalue weighted by atomic mass is 16.4. The summed E-state index contributed by atoms with van der Waals surface area (Å²) in [6, 6.07) is 0.595. The van der Waals surface area contributed by atoms with Crippen LogP contribution in [0.4, 0.5) is 0 Å². The van der Waals surface area contributed by atoms with Crippen molar-refractivity contribution < 1.29 is 9.90 Å². The molecule has 0 aromatic rings. The molecule has 0 aromatic carbocycles. The van der Waals surface area contributed by atoms with E-state index in [2.05, 4.69) is 18.7 Å². The Hall–Kier alpha value is -0.570. The first-order valence-electron chi connectivity index (χ1n) is 7.07. The summed E-state index contributed by atoms with van der Waals surface area (Å²) in [4.78, 5) is 13.8. The third-order valence-electron chi connectivity index (χ3n) is 4.27. The van der Waals surface area contributed by atoms with Crippen LogP contribution in [0.25, 0.3) is 0 Å². The molecule has 1 saturated heterocycles. The largest absolute Gasteiger partial charge is 0.481 e. The molecule has 3 heteroatoms. The third kappa shape index (κ3) is 3.21. The molecule has 0 amide bonds. The monoisotopic (exact) mass is 241 g/mol. The summed E-state index contributed by atoms with van der Waals surface area (Å²) in [6.07, 6.45) is 6.35. The first kappa shape index (κ1) is 14.5. The molecule has 17 heavy (non-hydrogen) atoms. The van der Waals surface area contributed by atoms with Gasteiger partial charge in [-0.25, -0.2) is 0 Å². The van der Waals surface area contributed by atoms with Gasteiger partial charge in [-0.2, -0.15) is 0 Å². The summed E-state index contributed by atoms with van der Waals surface area (Å²) < 4.78 is 0. The normalized spacial score (nSPS) is 25.6. The van der Waals surface area contributed by atoms with E-state index in [0.29, 0.717) is 6.04 Å². The van der Waals surface area contributed by atoms with Crippen LogP contribution in [0.2, 0.25) is 0 Å². The maximum absolute atomic E-state index is 11.4. The molecular weight excluding hydrogens is 214 g/mol. The van der Waals surface area contributed by atoms with Crippen molar-refractivity contribution in [1.82, 2.24) is 4.90 Å². The molecule has 1 rings (SSSR count). The molecule has 1 unspecified atom stereocenters. The lowest BCUT2D eigenvalue weighted by Gasteiger charge is -2.29. The zero-order valence-corrected chi connectivity index (χ0v) is 11.5. The van der Waals surface area contributed by atoms with Crippen LogP contribution < -0.4 is 0 Å². The predicted molar refractivity (Wildman–Crippen MR) is 70.2 cm³/mol. The van der Waals surface area contributed by atoms with Gasteiger partial charge in [-0.3, -0.25) is 9.69 Å². The van der Waals surface area contributed by atoms with Crippen LogP contribution in [-0.4, -0.2) is 35.1 Å². The molecule has 0 aliphatic carbocycles. The summed E-state index contributed by atoms with van der Waals surface area (Å²) >= 11 is 0. The number of carboxylic acid groups (broad SMARTS) is 1. The SMILES string of the molecule is CCCC(CCC)N1CCC(CC)(C(=O)O)C1. The maximum atomic E-state index is 11.4. The lowest BCUT2D eigenvalue weighted by molar-refractivity contribution is -0.148. The average molecular weight is 241 g/mol. The zero-order valence-electron chi connectivity index (χ0n) is 11.5. The van der Waals surface area contributed by atoms with Crippen LogP contribution in [0.15, 0.2) is 0 Å². The molecule has 1 atom stereocenters. The summed E-state index contributed by atoms with van der Waals surface area (Å²) in [7, 11) is 0. The highest BCUT2D eigenvalue weighted by Gasteiger charge is 2.44. The molecule has 0 saturated carbocycles. The summed E-state index contributed by atoms with van der Waals surface area (Å²) in [6.45, 7) is 8.15. The Morgan fingerprint density at radius 3 is 2.24 bits per heavy atom. The summed E-state index contributed by atoms with van der Waals surface area (Å²) in [5, 5.41) is 9.40. The number of nitrogens with zero attached hydrogens (tertiary/aromatic N) is 1. The Morgan fingerprint density at radius 1 is 1.29 bits per heavy atom. The van der Waals surface area contributed by atoms with Gasteiger partial charge in [0.2, 0.25) is 0 Å². The van der Waals surface area contributed by atoms with Gasteiger partial charge in [-0.15, -0.1) is 0 Å². The van der Waals surface area contributed by atoms with Gasteiger partial charge in [0.1, 0.15) is 0 Å². The Bertz CT molecular complexity index is 249. The topological polar surface area (TPSA) is 40.5 Å². The number of carboxylic acids is 1. The van der Waals surface area contributed by atoms with Crippen LogP contribution in [-0.2, 0) is 4.79 Å². The van der Waals surface area contributed by atoms with E-state index in [1.807, 2.05) is 6.92 Å². The average Bonchev–Trinajstić information content (AvgIpc) is 2.74. The van der Waals surface area contributed by atoms with Crippen LogP contribution >= 0.6 is 0 Å². The molecule has 3 nitrogen and oxygen atoms in total. The van der Waals surface area contributed by atoms with Gasteiger partial charge in [0.15, 0.2) is 0 Å². The van der Waals surface area contributed by atoms with Crippen molar-refractivity contribution in [2.75, 3.05) is 13.1 Å². The molecule has 1 aliphatic heterocycles. The van der Waals surface area contributed by atoms with E-state index in [4.69, 9.17) is 0 Å². The smallest absolute Gasteiger partial charge is 0.310 e. The van der Waals surface area contributed by atoms with Crippen LogP contribution in [0, 0.1) is 5.41 Å². The fraction of sp³-hybridized carbons (Fsp3) is 0.929. The third-order valence-corrected chi connectivity index (χ3v) is 4.27. The van der Waals surface area contributed by atoms with Crippen LogP contribution in [0.3, 0.4) is 0 Å². The Balaban J connectivity index is 2.66. The van der Waals surface area contributed by atoms with Gasteiger partial charge in [-0.05, 0) is 32.2 Å². The van der Waals surface area contributed by atoms with Gasteiger partial charge < -0.3 is 5.11 Å². The number of hydrogen-bond acceptors (Lipinski definition) is 2. The van der Waals surface area contributed by atoms with Crippen molar-refractivity contribution in [3.8, 4) is 0 Å². The minimum absolute atomic E-state index is 0.472. The van der Waals surface area contributed by atoms with E-state index in [0.717, 1.165) is 25.9 Å². The second kappa shape index (κ2) is 6.39.